The Morgan fingerprint density at radius 2 is 2.40 bits per heavy atom. The number of hydrogen-bond acceptors (Lipinski definition) is 4. The van der Waals surface area contributed by atoms with E-state index in [2.05, 4.69) is 28.4 Å². The Labute approximate surface area is 123 Å². The molecule has 0 unspecified atom stereocenters. The number of nitrogens with zero attached hydrogens (tertiary/aromatic N) is 1. The number of aliphatic hydroxyl groups excluding tert-OH is 1. The second-order valence-corrected chi connectivity index (χ2v) is 6.08. The molecule has 1 aromatic heterocycles. The van der Waals surface area contributed by atoms with Crippen LogP contribution >= 0.6 is 11.8 Å². The molecule has 1 amide bonds. The summed E-state index contributed by atoms with van der Waals surface area (Å²) in [6.07, 6.45) is 8.76. The van der Waals surface area contributed by atoms with Crippen LogP contribution in [0.1, 0.15) is 35.2 Å². The molecule has 1 heterocycles. The predicted octanol–water partition coefficient (Wildman–Crippen LogP) is 1.44. The third-order valence-corrected chi connectivity index (χ3v) is 5.06. The van der Waals surface area contributed by atoms with Crippen molar-refractivity contribution >= 4 is 17.7 Å². The molecule has 4 nitrogen and oxygen atoms in total. The first-order valence-electron chi connectivity index (χ1n) is 6.58. The van der Waals surface area contributed by atoms with Gasteiger partial charge in [-0.05, 0) is 25.2 Å². The lowest BCUT2D eigenvalue weighted by atomic mass is 9.84. The molecular weight excluding hydrogens is 272 g/mol. The normalized spacial score (nSPS) is 15.7. The van der Waals surface area contributed by atoms with Crippen LogP contribution in [0, 0.1) is 11.8 Å². The van der Waals surface area contributed by atoms with Gasteiger partial charge in [0.05, 0.1) is 11.1 Å². The minimum Gasteiger partial charge on any atom is -0.384 e. The van der Waals surface area contributed by atoms with E-state index in [0.717, 1.165) is 12.8 Å². The summed E-state index contributed by atoms with van der Waals surface area (Å²) in [6.45, 7) is 0.452. The van der Waals surface area contributed by atoms with Crippen LogP contribution in [0.5, 0.6) is 0 Å². The maximum absolute atomic E-state index is 12.3. The summed E-state index contributed by atoms with van der Waals surface area (Å²) in [7, 11) is 0. The molecule has 0 saturated heterocycles. The van der Waals surface area contributed by atoms with Crippen LogP contribution in [-0.2, 0) is 0 Å². The number of pyridine rings is 1. The fourth-order valence-electron chi connectivity index (χ4n) is 2.19. The Morgan fingerprint density at radius 1 is 1.60 bits per heavy atom. The minimum atomic E-state index is -0.231. The maximum Gasteiger partial charge on any atom is 0.252 e. The SMILES string of the molecule is CSC1(CNC(=O)c2ccncc2C#CCO)CCC1. The summed E-state index contributed by atoms with van der Waals surface area (Å²) in [6, 6.07) is 1.66. The quantitative estimate of drug-likeness (QED) is 0.824. The van der Waals surface area contributed by atoms with Crippen LogP contribution in [0.4, 0.5) is 0 Å². The van der Waals surface area contributed by atoms with Crippen LogP contribution < -0.4 is 5.32 Å². The van der Waals surface area contributed by atoms with E-state index < -0.39 is 0 Å². The Bertz CT molecular complexity index is 539. The summed E-state index contributed by atoms with van der Waals surface area (Å²) < 4.78 is 0.208. The van der Waals surface area contributed by atoms with E-state index in [0.29, 0.717) is 17.7 Å². The van der Waals surface area contributed by atoms with E-state index in [-0.39, 0.29) is 17.3 Å². The zero-order valence-electron chi connectivity index (χ0n) is 11.5. The number of thioether (sulfide) groups is 1. The second kappa shape index (κ2) is 6.78. The van der Waals surface area contributed by atoms with Gasteiger partial charge >= 0.3 is 0 Å². The molecule has 1 aromatic rings. The smallest absolute Gasteiger partial charge is 0.252 e. The van der Waals surface area contributed by atoms with Crippen molar-refractivity contribution in [3.8, 4) is 11.8 Å². The fourth-order valence-corrected chi connectivity index (χ4v) is 3.10. The second-order valence-electron chi connectivity index (χ2n) is 4.80. The largest absolute Gasteiger partial charge is 0.384 e. The van der Waals surface area contributed by atoms with Gasteiger partial charge in [-0.2, -0.15) is 11.8 Å². The Kier molecular flexibility index (Phi) is 5.05. The van der Waals surface area contributed by atoms with Crippen molar-refractivity contribution < 1.29 is 9.90 Å². The van der Waals surface area contributed by atoms with E-state index >= 15 is 0 Å². The highest BCUT2D eigenvalue weighted by Crippen LogP contribution is 2.42. The number of aliphatic hydroxyl groups is 1. The first kappa shape index (κ1) is 14.9. The molecule has 1 aliphatic carbocycles. The van der Waals surface area contributed by atoms with Gasteiger partial charge in [0.2, 0.25) is 0 Å². The van der Waals surface area contributed by atoms with Gasteiger partial charge in [0.1, 0.15) is 6.61 Å². The van der Waals surface area contributed by atoms with Gasteiger partial charge in [0.25, 0.3) is 5.91 Å². The number of carbonyl (C=O) groups excluding carboxylic acids is 1. The number of nitrogens with one attached hydrogen (secondary N) is 1. The number of amides is 1. The summed E-state index contributed by atoms with van der Waals surface area (Å²) in [5.74, 6) is 5.17. The van der Waals surface area contributed by atoms with Crippen LogP contribution in [0.15, 0.2) is 18.5 Å². The van der Waals surface area contributed by atoms with Gasteiger partial charge in [-0.15, -0.1) is 0 Å². The summed E-state index contributed by atoms with van der Waals surface area (Å²) in [5.41, 5.74) is 1.06. The lowest BCUT2D eigenvalue weighted by molar-refractivity contribution is 0.0943. The van der Waals surface area contributed by atoms with E-state index in [1.54, 1.807) is 18.5 Å². The number of aromatic nitrogens is 1. The lowest BCUT2D eigenvalue weighted by Gasteiger charge is -2.40. The molecule has 1 aliphatic rings. The fraction of sp³-hybridized carbons (Fsp3) is 0.467. The topological polar surface area (TPSA) is 62.2 Å². The van der Waals surface area contributed by atoms with Gasteiger partial charge in [-0.25, -0.2) is 0 Å². The van der Waals surface area contributed by atoms with Crippen LogP contribution in [0.2, 0.25) is 0 Å². The van der Waals surface area contributed by atoms with Crippen molar-refractivity contribution in [3.63, 3.8) is 0 Å². The van der Waals surface area contributed by atoms with E-state index in [4.69, 9.17) is 5.11 Å². The van der Waals surface area contributed by atoms with Crippen LogP contribution in [0.3, 0.4) is 0 Å². The molecule has 0 atom stereocenters. The summed E-state index contributed by atoms with van der Waals surface area (Å²) in [4.78, 5) is 16.2. The zero-order chi connectivity index (χ0) is 14.4. The number of rotatable bonds is 4. The monoisotopic (exact) mass is 290 g/mol. The van der Waals surface area contributed by atoms with Crippen molar-refractivity contribution in [2.75, 3.05) is 19.4 Å². The van der Waals surface area contributed by atoms with Crippen molar-refractivity contribution in [3.05, 3.63) is 29.6 Å². The predicted molar refractivity (Wildman–Crippen MR) is 80.6 cm³/mol. The molecule has 1 saturated carbocycles. The Morgan fingerprint density at radius 3 is 3.00 bits per heavy atom. The molecule has 1 fully saturated rings. The van der Waals surface area contributed by atoms with Crippen molar-refractivity contribution in [1.29, 1.82) is 0 Å². The molecular formula is C15H18N2O2S. The Hall–Kier alpha value is -1.51. The molecule has 0 bridgehead atoms. The molecule has 0 spiro atoms. The minimum absolute atomic E-state index is 0.130. The highest BCUT2D eigenvalue weighted by Gasteiger charge is 2.36. The third kappa shape index (κ3) is 3.33. The summed E-state index contributed by atoms with van der Waals surface area (Å²) in [5, 5.41) is 11.7. The van der Waals surface area contributed by atoms with Gasteiger partial charge in [0, 0.05) is 23.7 Å². The highest BCUT2D eigenvalue weighted by atomic mass is 32.2. The average molecular weight is 290 g/mol. The zero-order valence-corrected chi connectivity index (χ0v) is 12.3. The van der Waals surface area contributed by atoms with Gasteiger partial charge in [-0.1, -0.05) is 18.3 Å². The van der Waals surface area contributed by atoms with Gasteiger partial charge in [-0.3, -0.25) is 9.78 Å². The lowest BCUT2D eigenvalue weighted by Crippen LogP contribution is -2.45. The molecule has 0 radical (unpaired) electrons. The average Bonchev–Trinajstić information content (AvgIpc) is 2.44. The molecule has 0 aromatic carbocycles. The Balaban J connectivity index is 2.05. The van der Waals surface area contributed by atoms with E-state index in [1.807, 2.05) is 11.8 Å². The van der Waals surface area contributed by atoms with Gasteiger partial charge in [0.15, 0.2) is 0 Å². The third-order valence-electron chi connectivity index (χ3n) is 3.64. The standard InChI is InChI=1S/C15H18N2O2S/c1-20-15(6-3-7-15)11-17-14(19)13-5-8-16-10-12(13)4-2-9-18/h5,8,10,18H,3,6-7,9,11H2,1H3,(H,17,19). The van der Waals surface area contributed by atoms with Crippen molar-refractivity contribution in [2.45, 2.75) is 24.0 Å². The van der Waals surface area contributed by atoms with Gasteiger partial charge < -0.3 is 10.4 Å². The first-order valence-corrected chi connectivity index (χ1v) is 7.80. The molecule has 2 N–H and O–H groups in total. The molecule has 0 aliphatic heterocycles. The molecule has 2 rings (SSSR count). The van der Waals surface area contributed by atoms with Crippen molar-refractivity contribution in [2.24, 2.45) is 0 Å². The van der Waals surface area contributed by atoms with Crippen LogP contribution in [0.25, 0.3) is 0 Å². The molecule has 20 heavy (non-hydrogen) atoms. The number of hydrogen-bond donors (Lipinski definition) is 2. The molecule has 106 valence electrons. The first-order chi connectivity index (χ1) is 9.71. The highest BCUT2D eigenvalue weighted by molar-refractivity contribution is 8.00. The maximum atomic E-state index is 12.3. The van der Waals surface area contributed by atoms with Crippen molar-refractivity contribution in [1.82, 2.24) is 10.3 Å². The van der Waals surface area contributed by atoms with E-state index in [1.165, 1.54) is 6.42 Å². The van der Waals surface area contributed by atoms with E-state index in [9.17, 15) is 4.79 Å². The summed E-state index contributed by atoms with van der Waals surface area (Å²) >= 11 is 1.83. The number of carbonyl (C=O) groups is 1. The molecule has 5 heteroatoms. The van der Waals surface area contributed by atoms with Crippen LogP contribution in [-0.4, -0.2) is 40.2 Å².